The van der Waals surface area contributed by atoms with Gasteiger partial charge in [-0.1, -0.05) is 186 Å². The average molecular weight is 1760 g/mol. The smallest absolute Gasteiger partial charge is 0.312 e. The van der Waals surface area contributed by atoms with E-state index in [1.807, 2.05) is 44.2 Å². The van der Waals surface area contributed by atoms with Gasteiger partial charge in [0.2, 0.25) is 0 Å². The third kappa shape index (κ3) is 35.5. The standard InChI is InChI=1S/C17H30O2Si.C16H21NOSi.C16H26O2Si.C15H24OSi.C14H22O4.C12H11NO2.C11H18O4/c1-5-6-7-16(12-15-20(2,3)4)8-10-17(11-9-16)18-13-14-19-17;1-5-6-8-16(10-11-19(2,3)4)9-7-15(18)14(12-16)13-17;1-5-6-15(11-14-19(2,3)4)7-9-16(10-8-15)17-12-13-18-16;1-5-6-9-15(12-13-17(2,3)4)10-7-14(16)8-11-15;1-3-5-13(12(15)16-4-2)6-8-14(9-7-13)17-10-11-18-14;1-2-12(5-3-7-14)6-4-11(15)10(8-12)9-13;1-2-13-10(12)9-3-5-11(6-4-9)14-7-8-15-11/h5-11,13-14H2,1-4H3;7,9,12H,5-6,8H2,1-4H3;5H,1,6-10,12-13H2,2-4H3;7,10H,5-6,8-9,11H2,1-4H3;3H,1,4-11H2,2H3;1,4,6,8,14H,3,5,7H2;9H,2-8H2,1H3. The number of hydrogen-bond acceptors (Lipinski definition) is 18. The van der Waals surface area contributed by atoms with Gasteiger partial charge in [-0.15, -0.1) is 53.6 Å². The predicted octanol–water partition coefficient (Wildman–Crippen LogP) is 20.6. The van der Waals surface area contributed by atoms with E-state index in [2.05, 4.69) is 170 Å². The second-order valence-corrected chi connectivity index (χ2v) is 58.1. The van der Waals surface area contributed by atoms with Crippen LogP contribution in [0.4, 0.5) is 0 Å². The lowest BCUT2D eigenvalue weighted by molar-refractivity contribution is -0.199. The number of ketones is 3. The van der Waals surface area contributed by atoms with Gasteiger partial charge in [0.05, 0.1) is 99.4 Å². The van der Waals surface area contributed by atoms with Crippen LogP contribution in [0.3, 0.4) is 0 Å². The molecule has 8 fully saturated rings. The van der Waals surface area contributed by atoms with Crippen molar-refractivity contribution in [3.8, 4) is 70.3 Å². The fourth-order valence-corrected chi connectivity index (χ4v) is 19.1. The van der Waals surface area contributed by atoms with E-state index in [1.54, 1.807) is 18.2 Å². The van der Waals surface area contributed by atoms with E-state index in [1.165, 1.54) is 50.3 Å². The van der Waals surface area contributed by atoms with Gasteiger partial charge >= 0.3 is 11.9 Å². The number of terminal acetylenes is 1. The van der Waals surface area contributed by atoms with E-state index in [0.29, 0.717) is 65.3 Å². The van der Waals surface area contributed by atoms with Crippen LogP contribution in [0.1, 0.15) is 234 Å². The first-order valence-electron chi connectivity index (χ1n) is 45.9. The number of ether oxygens (including phenoxy) is 10. The number of aliphatic hydroxyl groups excluding tert-OH is 1. The van der Waals surface area contributed by atoms with Crippen molar-refractivity contribution in [2.45, 2.75) is 335 Å². The summed E-state index contributed by atoms with van der Waals surface area (Å²) in [4.78, 5) is 57.7. The van der Waals surface area contributed by atoms with E-state index in [0.717, 1.165) is 168 Å². The van der Waals surface area contributed by atoms with Gasteiger partial charge in [0.15, 0.2) is 40.5 Å². The fourth-order valence-electron chi connectivity index (χ4n) is 16.6. The van der Waals surface area contributed by atoms with Gasteiger partial charge in [0, 0.05) is 80.6 Å². The normalized spacial score (nSPS) is 26.3. The van der Waals surface area contributed by atoms with Crippen LogP contribution >= 0.6 is 0 Å². The SMILES string of the molecule is C#CC1(CCCO)C=CC(=O)C(C#N)=C1.C=CCC1(C#C[Si](C)(C)C)CCC2(CC1)OCCO2.C=CCC1(C(=O)OCC)CCC2(CC1)OCCO2.CCCCC1(C#C[Si](C)(C)C)C=CC(=O)C(C#N)=C1.CCCCC1(C#C[Si](C)(C)C)C=CC(=O)CC1.CCCCC1(C#C[Si](C)(C)C)CCC2(CC1)OCCO2.CCOC(=O)C1CCC2(CC1)OCCO2. The molecule has 7 aliphatic carbocycles. The number of unbranched alkanes of at least 4 members (excludes halogenated alkanes) is 3. The predicted molar refractivity (Wildman–Crippen MR) is 501 cm³/mol. The van der Waals surface area contributed by atoms with Crippen LogP contribution in [0.25, 0.3) is 0 Å². The van der Waals surface area contributed by atoms with Crippen LogP contribution < -0.4 is 0 Å². The van der Waals surface area contributed by atoms with Crippen LogP contribution in [0, 0.1) is 119 Å². The largest absolute Gasteiger partial charge is 0.466 e. The molecule has 678 valence electrons. The highest BCUT2D eigenvalue weighted by Crippen LogP contribution is 2.51. The van der Waals surface area contributed by atoms with Crippen LogP contribution in [0.2, 0.25) is 78.6 Å². The lowest BCUT2D eigenvalue weighted by Gasteiger charge is -2.41. The Kier molecular flexibility index (Phi) is 43.2. The van der Waals surface area contributed by atoms with Gasteiger partial charge in [-0.3, -0.25) is 24.0 Å². The Morgan fingerprint density at radius 1 is 0.472 bits per heavy atom. The second kappa shape index (κ2) is 49.7. The monoisotopic (exact) mass is 1760 g/mol. The molecule has 11 rings (SSSR count). The number of carbonyl (C=O) groups is 5. The maximum Gasteiger partial charge on any atom is 0.312 e. The van der Waals surface area contributed by atoms with Crippen molar-refractivity contribution < 1.29 is 76.4 Å². The Hall–Kier alpha value is -6.58. The first kappa shape index (κ1) is 107. The number of aliphatic hydroxyl groups is 1. The summed E-state index contributed by atoms with van der Waals surface area (Å²) in [5, 5.41) is 26.5. The molecule has 0 aromatic carbocycles. The van der Waals surface area contributed by atoms with Gasteiger partial charge in [-0.05, 0) is 147 Å². The molecule has 0 radical (unpaired) electrons. The second-order valence-electron chi connectivity index (χ2n) is 39.1. The number of nitrogens with zero attached hydrogens (tertiary/aromatic N) is 2. The Morgan fingerprint density at radius 3 is 1.25 bits per heavy atom. The summed E-state index contributed by atoms with van der Waals surface area (Å²) in [5.41, 5.74) is 13.1. The fraction of sp³-hybridized carbons (Fsp3) is 0.693. The molecule has 3 unspecified atom stereocenters. The van der Waals surface area contributed by atoms with E-state index < -0.39 is 54.3 Å². The van der Waals surface area contributed by atoms with E-state index >= 15 is 0 Å². The zero-order valence-electron chi connectivity index (χ0n) is 78.5. The molecule has 0 amide bonds. The Morgan fingerprint density at radius 2 is 0.854 bits per heavy atom. The van der Waals surface area contributed by atoms with Crippen LogP contribution in [0.5, 0.6) is 0 Å². The van der Waals surface area contributed by atoms with Crippen molar-refractivity contribution >= 4 is 61.6 Å². The Labute approximate surface area is 745 Å². The molecule has 4 spiro atoms. The van der Waals surface area contributed by atoms with Gasteiger partial charge in [0.1, 0.15) is 44.4 Å². The van der Waals surface area contributed by atoms with Crippen LogP contribution in [-0.4, -0.2) is 163 Å². The van der Waals surface area contributed by atoms with Crippen LogP contribution in [-0.2, 0) is 71.3 Å². The number of allylic oxidation sites excluding steroid dienone is 12. The summed E-state index contributed by atoms with van der Waals surface area (Å²) in [6, 6.07) is 3.81. The molecule has 4 saturated carbocycles. The van der Waals surface area contributed by atoms with Crippen LogP contribution in [0.15, 0.2) is 85.1 Å². The molecule has 3 atom stereocenters. The molecule has 1 N–H and O–H groups in total. The summed E-state index contributed by atoms with van der Waals surface area (Å²) in [5.74, 6) is 15.0. The molecule has 0 bridgehead atoms. The molecule has 4 saturated heterocycles. The third-order valence-corrected chi connectivity index (χ3v) is 27.6. The first-order chi connectivity index (χ1) is 58.1. The van der Waals surface area contributed by atoms with Crippen molar-refractivity contribution in [2.24, 2.45) is 38.4 Å². The molecule has 18 nitrogen and oxygen atoms in total. The maximum atomic E-state index is 12.2. The summed E-state index contributed by atoms with van der Waals surface area (Å²) in [6.07, 6.45) is 51.9. The van der Waals surface area contributed by atoms with Crippen molar-refractivity contribution in [1.29, 1.82) is 10.5 Å². The molecule has 0 aromatic rings. The number of esters is 2. The summed E-state index contributed by atoms with van der Waals surface area (Å²) in [6.45, 7) is 51.9. The minimum Gasteiger partial charge on any atom is -0.466 e. The molecule has 123 heavy (non-hydrogen) atoms. The van der Waals surface area contributed by atoms with E-state index in [-0.39, 0.29) is 86.6 Å². The van der Waals surface area contributed by atoms with E-state index in [4.69, 9.17) is 69.4 Å². The van der Waals surface area contributed by atoms with Gasteiger partial charge < -0.3 is 52.5 Å². The number of rotatable bonds is 20. The first-order valence-corrected chi connectivity index (χ1v) is 59.9. The Bertz CT molecular complexity index is 4030. The van der Waals surface area contributed by atoms with Gasteiger partial charge in [0.25, 0.3) is 0 Å². The Balaban J connectivity index is 0.000000256. The molecular weight excluding hydrogens is 1610 g/mol. The lowest BCUT2D eigenvalue weighted by atomic mass is 9.70. The van der Waals surface area contributed by atoms with Crippen molar-refractivity contribution in [1.82, 2.24) is 0 Å². The molecule has 4 heterocycles. The molecule has 11 aliphatic rings. The number of nitriles is 2. The summed E-state index contributed by atoms with van der Waals surface area (Å²) < 4.78 is 56.2. The zero-order valence-corrected chi connectivity index (χ0v) is 82.5. The van der Waals surface area contributed by atoms with Gasteiger partial charge in [-0.25, -0.2) is 0 Å². The zero-order chi connectivity index (χ0) is 91.2. The number of carbonyl (C=O) groups excluding carboxylic acids is 5. The van der Waals surface area contributed by atoms with Crippen molar-refractivity contribution in [2.75, 3.05) is 72.7 Å². The molecule has 22 heteroatoms. The average Bonchev–Trinajstić information content (AvgIpc) is 1.66. The highest BCUT2D eigenvalue weighted by atomic mass is 28.3. The highest BCUT2D eigenvalue weighted by molar-refractivity contribution is 6.85. The maximum absolute atomic E-state index is 12.2. The van der Waals surface area contributed by atoms with Gasteiger partial charge in [-0.2, -0.15) is 10.5 Å². The lowest BCUT2D eigenvalue weighted by Crippen LogP contribution is -2.44. The highest BCUT2D eigenvalue weighted by Gasteiger charge is 2.51. The summed E-state index contributed by atoms with van der Waals surface area (Å²) >= 11 is 0. The topological polar surface area (TPSA) is 245 Å². The summed E-state index contributed by atoms with van der Waals surface area (Å²) in [7, 11) is -5.40. The van der Waals surface area contributed by atoms with E-state index in [9.17, 15) is 24.0 Å². The van der Waals surface area contributed by atoms with Crippen molar-refractivity contribution in [3.63, 3.8) is 0 Å². The number of hydrogen-bond donors (Lipinski definition) is 1. The molecular formula is C101H152N2O16Si4. The minimum absolute atomic E-state index is 0.00972. The quantitative estimate of drug-likeness (QED) is 0.0515. The van der Waals surface area contributed by atoms with Crippen molar-refractivity contribution in [3.05, 3.63) is 85.1 Å². The minimum atomic E-state index is -1.47. The third-order valence-electron chi connectivity index (χ3n) is 24.1. The molecule has 0 aromatic heterocycles. The molecule has 4 aliphatic heterocycles.